The van der Waals surface area contributed by atoms with E-state index in [2.05, 4.69) is 0 Å². The number of rotatable bonds is 1. The predicted octanol–water partition coefficient (Wildman–Crippen LogP) is 1.23. The molecule has 1 N–H and O–H groups in total. The zero-order valence-electron chi connectivity index (χ0n) is 7.41. The van der Waals surface area contributed by atoms with E-state index in [1.165, 1.54) is 11.0 Å². The highest BCUT2D eigenvalue weighted by Crippen LogP contribution is 2.16. The lowest BCUT2D eigenvalue weighted by Gasteiger charge is -2.09. The van der Waals surface area contributed by atoms with Crippen molar-refractivity contribution in [1.82, 2.24) is 4.90 Å². The van der Waals surface area contributed by atoms with E-state index in [1.54, 1.807) is 14.1 Å². The zero-order valence-corrected chi connectivity index (χ0v) is 7.41. The minimum atomic E-state index is -0.785. The maximum Gasteiger partial charge on any atom is 0.253 e. The third-order valence-electron chi connectivity index (χ3n) is 1.60. The van der Waals surface area contributed by atoms with Gasteiger partial charge < -0.3 is 10.0 Å². The van der Waals surface area contributed by atoms with Crippen molar-refractivity contribution in [3.05, 3.63) is 29.6 Å². The average molecular weight is 183 g/mol. The number of carbonyl (C=O) groups excluding carboxylic acids is 1. The first kappa shape index (κ1) is 9.51. The van der Waals surface area contributed by atoms with Gasteiger partial charge in [-0.2, -0.15) is 0 Å². The fourth-order valence-electron chi connectivity index (χ4n) is 0.898. The Morgan fingerprint density at radius 2 is 2.08 bits per heavy atom. The molecule has 0 aliphatic carbocycles. The van der Waals surface area contributed by atoms with Gasteiger partial charge in [-0.3, -0.25) is 4.79 Å². The zero-order chi connectivity index (χ0) is 10.0. The molecule has 0 atom stereocenters. The summed E-state index contributed by atoms with van der Waals surface area (Å²) in [5.41, 5.74) is 0.223. The number of halogens is 1. The molecule has 0 fully saturated rings. The highest BCUT2D eigenvalue weighted by Gasteiger charge is 2.10. The molecule has 0 aliphatic rings. The van der Waals surface area contributed by atoms with E-state index in [4.69, 9.17) is 5.11 Å². The Morgan fingerprint density at radius 3 is 2.54 bits per heavy atom. The summed E-state index contributed by atoms with van der Waals surface area (Å²) in [6, 6.07) is 3.55. The SMILES string of the molecule is CN(C)C(=O)c1ccc(O)c(F)c1. The van der Waals surface area contributed by atoms with E-state index in [1.807, 2.05) is 0 Å². The van der Waals surface area contributed by atoms with E-state index in [9.17, 15) is 9.18 Å². The van der Waals surface area contributed by atoms with Gasteiger partial charge in [-0.25, -0.2) is 4.39 Å². The van der Waals surface area contributed by atoms with E-state index < -0.39 is 11.6 Å². The van der Waals surface area contributed by atoms with Crippen molar-refractivity contribution in [1.29, 1.82) is 0 Å². The maximum absolute atomic E-state index is 12.8. The van der Waals surface area contributed by atoms with Crippen molar-refractivity contribution in [2.24, 2.45) is 0 Å². The van der Waals surface area contributed by atoms with Gasteiger partial charge >= 0.3 is 0 Å². The molecule has 1 rings (SSSR count). The summed E-state index contributed by atoms with van der Waals surface area (Å²) in [5, 5.41) is 8.86. The first-order valence-corrected chi connectivity index (χ1v) is 3.72. The fraction of sp³-hybridized carbons (Fsp3) is 0.222. The van der Waals surface area contributed by atoms with Crippen LogP contribution in [0.4, 0.5) is 4.39 Å². The summed E-state index contributed by atoms with van der Waals surface area (Å²) in [6.07, 6.45) is 0. The molecule has 1 aromatic rings. The Kier molecular flexibility index (Phi) is 2.51. The van der Waals surface area contributed by atoms with Crippen molar-refractivity contribution >= 4 is 5.91 Å². The standard InChI is InChI=1S/C9H10FNO2/c1-11(2)9(13)6-3-4-8(12)7(10)5-6/h3-5,12H,1-2H3. The van der Waals surface area contributed by atoms with Crippen LogP contribution < -0.4 is 0 Å². The molecule has 1 aromatic carbocycles. The molecule has 0 saturated carbocycles. The molecule has 0 bridgehead atoms. The van der Waals surface area contributed by atoms with Gasteiger partial charge in [-0.05, 0) is 18.2 Å². The maximum atomic E-state index is 12.8. The minimum Gasteiger partial charge on any atom is -0.505 e. The number of aromatic hydroxyl groups is 1. The minimum absolute atomic E-state index is 0.223. The van der Waals surface area contributed by atoms with E-state index in [-0.39, 0.29) is 11.5 Å². The fourth-order valence-corrected chi connectivity index (χ4v) is 0.898. The Balaban J connectivity index is 3.04. The van der Waals surface area contributed by atoms with Crippen LogP contribution in [0.3, 0.4) is 0 Å². The highest BCUT2D eigenvalue weighted by molar-refractivity contribution is 5.93. The number of benzene rings is 1. The van der Waals surface area contributed by atoms with Crippen LogP contribution in [0.15, 0.2) is 18.2 Å². The largest absolute Gasteiger partial charge is 0.505 e. The molecule has 4 heteroatoms. The molecule has 0 heterocycles. The lowest BCUT2D eigenvalue weighted by Crippen LogP contribution is -2.21. The van der Waals surface area contributed by atoms with Gasteiger partial charge in [0.05, 0.1) is 0 Å². The Hall–Kier alpha value is -1.58. The van der Waals surface area contributed by atoms with Crippen molar-refractivity contribution in [3.8, 4) is 5.75 Å². The molecule has 70 valence electrons. The van der Waals surface area contributed by atoms with Crippen molar-refractivity contribution in [2.45, 2.75) is 0 Å². The van der Waals surface area contributed by atoms with Gasteiger partial charge in [0.2, 0.25) is 0 Å². The Labute approximate surface area is 75.4 Å². The number of phenols is 1. The van der Waals surface area contributed by atoms with E-state index >= 15 is 0 Å². The van der Waals surface area contributed by atoms with E-state index in [0.717, 1.165) is 12.1 Å². The van der Waals surface area contributed by atoms with Crippen molar-refractivity contribution in [3.63, 3.8) is 0 Å². The molecule has 3 nitrogen and oxygen atoms in total. The van der Waals surface area contributed by atoms with Crippen LogP contribution in [-0.4, -0.2) is 30.0 Å². The van der Waals surface area contributed by atoms with Crippen LogP contribution in [0.1, 0.15) is 10.4 Å². The second-order valence-corrected chi connectivity index (χ2v) is 2.87. The van der Waals surface area contributed by atoms with Gasteiger partial charge in [-0.1, -0.05) is 0 Å². The van der Waals surface area contributed by atoms with Crippen LogP contribution >= 0.6 is 0 Å². The molecule has 0 radical (unpaired) electrons. The summed E-state index contributed by atoms with van der Waals surface area (Å²) < 4.78 is 12.8. The Morgan fingerprint density at radius 1 is 1.46 bits per heavy atom. The lowest BCUT2D eigenvalue weighted by atomic mass is 10.2. The summed E-state index contributed by atoms with van der Waals surface area (Å²) in [7, 11) is 3.15. The number of amides is 1. The third kappa shape index (κ3) is 1.96. The second-order valence-electron chi connectivity index (χ2n) is 2.87. The number of hydrogen-bond acceptors (Lipinski definition) is 2. The van der Waals surface area contributed by atoms with Crippen LogP contribution in [0.25, 0.3) is 0 Å². The molecule has 0 aliphatic heterocycles. The van der Waals surface area contributed by atoms with E-state index in [0.29, 0.717) is 0 Å². The highest BCUT2D eigenvalue weighted by atomic mass is 19.1. The summed E-state index contributed by atoms with van der Waals surface area (Å²) in [6.45, 7) is 0. The van der Waals surface area contributed by atoms with Gasteiger partial charge in [0.15, 0.2) is 11.6 Å². The summed E-state index contributed by atoms with van der Waals surface area (Å²) in [4.78, 5) is 12.6. The van der Waals surface area contributed by atoms with Gasteiger partial charge in [0.25, 0.3) is 5.91 Å². The van der Waals surface area contributed by atoms with Gasteiger partial charge in [0, 0.05) is 19.7 Å². The quantitative estimate of drug-likeness (QED) is 0.711. The Bertz CT molecular complexity index is 336. The van der Waals surface area contributed by atoms with Crippen LogP contribution in [0, 0.1) is 5.82 Å². The monoisotopic (exact) mass is 183 g/mol. The van der Waals surface area contributed by atoms with Crippen molar-refractivity contribution in [2.75, 3.05) is 14.1 Å². The lowest BCUT2D eigenvalue weighted by molar-refractivity contribution is 0.0827. The molecular weight excluding hydrogens is 173 g/mol. The molecule has 0 spiro atoms. The van der Waals surface area contributed by atoms with Crippen LogP contribution in [0.2, 0.25) is 0 Å². The number of phenolic OH excluding ortho intramolecular Hbond substituents is 1. The first-order chi connectivity index (χ1) is 6.02. The molecule has 0 aromatic heterocycles. The van der Waals surface area contributed by atoms with Crippen LogP contribution in [0.5, 0.6) is 5.75 Å². The second kappa shape index (κ2) is 3.43. The van der Waals surface area contributed by atoms with Gasteiger partial charge in [-0.15, -0.1) is 0 Å². The third-order valence-corrected chi connectivity index (χ3v) is 1.60. The molecule has 13 heavy (non-hydrogen) atoms. The van der Waals surface area contributed by atoms with Crippen molar-refractivity contribution < 1.29 is 14.3 Å². The predicted molar refractivity (Wildman–Crippen MR) is 46.1 cm³/mol. The summed E-state index contributed by atoms with van der Waals surface area (Å²) in [5.74, 6) is -1.53. The first-order valence-electron chi connectivity index (χ1n) is 3.72. The number of hydrogen-bond donors (Lipinski definition) is 1. The molecular formula is C9H10FNO2. The number of nitrogens with zero attached hydrogens (tertiary/aromatic N) is 1. The summed E-state index contributed by atoms with van der Waals surface area (Å²) >= 11 is 0. The average Bonchev–Trinajstić information content (AvgIpc) is 2.08. The topological polar surface area (TPSA) is 40.5 Å². The van der Waals surface area contributed by atoms with Gasteiger partial charge in [0.1, 0.15) is 0 Å². The molecule has 0 unspecified atom stereocenters. The number of carbonyl (C=O) groups is 1. The molecule has 0 saturated heterocycles. The normalized spacial score (nSPS) is 9.77. The smallest absolute Gasteiger partial charge is 0.253 e. The molecule has 1 amide bonds. The van der Waals surface area contributed by atoms with Crippen LogP contribution in [-0.2, 0) is 0 Å².